The third kappa shape index (κ3) is 4.89. The number of rotatable bonds is 8. The molecule has 1 aromatic heterocycles. The van der Waals surface area contributed by atoms with Gasteiger partial charge in [0.25, 0.3) is 0 Å². The summed E-state index contributed by atoms with van der Waals surface area (Å²) in [5, 5.41) is 3.46. The molecule has 0 spiro atoms. The highest BCUT2D eigenvalue weighted by molar-refractivity contribution is 5.80. The van der Waals surface area contributed by atoms with Crippen molar-refractivity contribution in [3.05, 3.63) is 30.5 Å². The van der Waals surface area contributed by atoms with E-state index in [0.717, 1.165) is 30.3 Å². The van der Waals surface area contributed by atoms with Crippen molar-refractivity contribution in [2.75, 3.05) is 19.0 Å². The molecule has 5 atom stereocenters. The summed E-state index contributed by atoms with van der Waals surface area (Å²) < 4.78 is 19.9. The average Bonchev–Trinajstić information content (AvgIpc) is 2.75. The molecule has 1 amide bonds. The summed E-state index contributed by atoms with van der Waals surface area (Å²) in [4.78, 5) is 24.2. The second-order valence-corrected chi connectivity index (χ2v) is 8.20. The van der Waals surface area contributed by atoms with Crippen molar-refractivity contribution in [3.63, 3.8) is 0 Å². The summed E-state index contributed by atoms with van der Waals surface area (Å²) in [5.74, 6) is 0.122. The van der Waals surface area contributed by atoms with Gasteiger partial charge in [-0.25, -0.2) is 9.37 Å². The Hall–Kier alpha value is -2.28. The molecule has 30 heavy (non-hydrogen) atoms. The molecule has 1 N–H and O–H groups in total. The molecule has 164 valence electrons. The fourth-order valence-electron chi connectivity index (χ4n) is 4.37. The summed E-state index contributed by atoms with van der Waals surface area (Å²) in [6.07, 6.45) is 2.82. The molecule has 1 fully saturated rings. The quantitative estimate of drug-likeness (QED) is 0.698. The lowest BCUT2D eigenvalue weighted by atomic mass is 9.92. The van der Waals surface area contributed by atoms with Crippen LogP contribution in [0.2, 0.25) is 0 Å². The Morgan fingerprint density at radius 3 is 2.80 bits per heavy atom. The number of halogens is 1. The molecule has 0 bridgehead atoms. The van der Waals surface area contributed by atoms with E-state index in [1.54, 1.807) is 13.1 Å². The lowest BCUT2D eigenvalue weighted by Crippen LogP contribution is -2.55. The van der Waals surface area contributed by atoms with Crippen LogP contribution in [0, 0.1) is 5.92 Å². The molecular formula is C23H33FN4O2. The summed E-state index contributed by atoms with van der Waals surface area (Å²) in [6, 6.07) is 7.76. The van der Waals surface area contributed by atoms with E-state index in [2.05, 4.69) is 15.3 Å². The molecule has 1 saturated heterocycles. The second-order valence-electron chi connectivity index (χ2n) is 8.20. The summed E-state index contributed by atoms with van der Waals surface area (Å²) in [5.41, 5.74) is 1.68. The molecular weight excluding hydrogens is 383 g/mol. The van der Waals surface area contributed by atoms with Gasteiger partial charge in [-0.2, -0.15) is 0 Å². The van der Waals surface area contributed by atoms with Gasteiger partial charge in [0.2, 0.25) is 5.91 Å². The average molecular weight is 417 g/mol. The van der Waals surface area contributed by atoms with Gasteiger partial charge in [-0.15, -0.1) is 0 Å². The van der Waals surface area contributed by atoms with Crippen LogP contribution in [0.3, 0.4) is 0 Å². The SMILES string of the molecule is CCCC(F)C(OC)C(C)C(=O)N1CCC[C@@H](Nc2cnc3ccccc3n2)[C@H]1C. The van der Waals surface area contributed by atoms with E-state index in [1.165, 1.54) is 7.11 Å². The van der Waals surface area contributed by atoms with E-state index in [-0.39, 0.29) is 18.0 Å². The molecule has 1 aromatic carbocycles. The summed E-state index contributed by atoms with van der Waals surface area (Å²) >= 11 is 0. The number of nitrogens with one attached hydrogen (secondary N) is 1. The van der Waals surface area contributed by atoms with Gasteiger partial charge in [0.05, 0.1) is 29.3 Å². The Kier molecular flexibility index (Phi) is 7.58. The zero-order valence-electron chi connectivity index (χ0n) is 18.3. The number of ether oxygens (including phenoxy) is 1. The first-order chi connectivity index (χ1) is 14.5. The number of amides is 1. The topological polar surface area (TPSA) is 67.3 Å². The van der Waals surface area contributed by atoms with Gasteiger partial charge in [-0.3, -0.25) is 9.78 Å². The number of hydrogen-bond donors (Lipinski definition) is 1. The highest BCUT2D eigenvalue weighted by Crippen LogP contribution is 2.26. The molecule has 0 aliphatic carbocycles. The second kappa shape index (κ2) is 10.2. The van der Waals surface area contributed by atoms with Crippen LogP contribution < -0.4 is 5.32 Å². The number of fused-ring (bicyclic) bond motifs is 1. The molecule has 1 aliphatic rings. The maximum absolute atomic E-state index is 14.5. The highest BCUT2D eigenvalue weighted by atomic mass is 19.1. The number of methoxy groups -OCH3 is 1. The van der Waals surface area contributed by atoms with E-state index in [1.807, 2.05) is 43.0 Å². The van der Waals surface area contributed by atoms with Crippen LogP contribution in [-0.2, 0) is 9.53 Å². The molecule has 0 saturated carbocycles. The minimum absolute atomic E-state index is 0.0382. The van der Waals surface area contributed by atoms with E-state index in [4.69, 9.17) is 4.74 Å². The zero-order valence-corrected chi connectivity index (χ0v) is 18.3. The molecule has 7 heteroatoms. The molecule has 3 unspecified atom stereocenters. The van der Waals surface area contributed by atoms with Crippen LogP contribution in [0.4, 0.5) is 10.2 Å². The van der Waals surface area contributed by atoms with E-state index >= 15 is 0 Å². The van der Waals surface area contributed by atoms with Gasteiger partial charge >= 0.3 is 0 Å². The minimum Gasteiger partial charge on any atom is -0.378 e. The van der Waals surface area contributed by atoms with Crippen LogP contribution in [0.15, 0.2) is 30.5 Å². The maximum atomic E-state index is 14.5. The summed E-state index contributed by atoms with van der Waals surface area (Å²) in [6.45, 7) is 6.42. The Labute approximate surface area is 178 Å². The number of benzene rings is 1. The van der Waals surface area contributed by atoms with Gasteiger partial charge in [0.1, 0.15) is 12.0 Å². The molecule has 1 aliphatic heterocycles. The van der Waals surface area contributed by atoms with Gasteiger partial charge in [-0.1, -0.05) is 32.4 Å². The number of anilines is 1. The number of likely N-dealkylation sites (tertiary alicyclic amines) is 1. The molecule has 0 radical (unpaired) electrons. The number of carbonyl (C=O) groups is 1. The minimum atomic E-state index is -1.14. The number of aromatic nitrogens is 2. The van der Waals surface area contributed by atoms with Gasteiger partial charge in [0, 0.05) is 25.7 Å². The number of piperidine rings is 1. The number of nitrogens with zero attached hydrogens (tertiary/aromatic N) is 3. The van der Waals surface area contributed by atoms with Gasteiger partial charge in [-0.05, 0) is 38.3 Å². The van der Waals surface area contributed by atoms with Crippen LogP contribution >= 0.6 is 0 Å². The number of carbonyl (C=O) groups excluding carboxylic acids is 1. The first-order valence-corrected chi connectivity index (χ1v) is 10.9. The van der Waals surface area contributed by atoms with Gasteiger partial charge < -0.3 is 15.0 Å². The third-order valence-corrected chi connectivity index (χ3v) is 6.13. The van der Waals surface area contributed by atoms with Crippen molar-refractivity contribution in [1.29, 1.82) is 0 Å². The third-order valence-electron chi connectivity index (χ3n) is 6.13. The van der Waals surface area contributed by atoms with Crippen molar-refractivity contribution in [2.45, 2.75) is 70.8 Å². The van der Waals surface area contributed by atoms with Crippen molar-refractivity contribution in [1.82, 2.24) is 14.9 Å². The van der Waals surface area contributed by atoms with Crippen molar-refractivity contribution in [2.24, 2.45) is 5.92 Å². The molecule has 2 aromatic rings. The zero-order chi connectivity index (χ0) is 21.7. The Morgan fingerprint density at radius 1 is 1.37 bits per heavy atom. The van der Waals surface area contributed by atoms with Gasteiger partial charge in [0.15, 0.2) is 0 Å². The first-order valence-electron chi connectivity index (χ1n) is 10.9. The lowest BCUT2D eigenvalue weighted by molar-refractivity contribution is -0.145. The van der Waals surface area contributed by atoms with Crippen LogP contribution in [0.1, 0.15) is 46.5 Å². The van der Waals surface area contributed by atoms with Crippen LogP contribution in [0.25, 0.3) is 11.0 Å². The Balaban J connectivity index is 1.70. The number of para-hydroxylation sites is 2. The van der Waals surface area contributed by atoms with E-state index < -0.39 is 18.2 Å². The predicted octanol–water partition coefficient (Wildman–Crippen LogP) is 4.21. The lowest BCUT2D eigenvalue weighted by Gasteiger charge is -2.42. The van der Waals surface area contributed by atoms with Crippen molar-refractivity contribution >= 4 is 22.8 Å². The van der Waals surface area contributed by atoms with Crippen molar-refractivity contribution in [3.8, 4) is 0 Å². The Morgan fingerprint density at radius 2 is 2.10 bits per heavy atom. The Bertz CT molecular complexity index is 849. The van der Waals surface area contributed by atoms with Crippen LogP contribution in [-0.4, -0.2) is 58.8 Å². The fraction of sp³-hybridized carbons (Fsp3) is 0.609. The fourth-order valence-corrected chi connectivity index (χ4v) is 4.37. The smallest absolute Gasteiger partial charge is 0.228 e. The predicted molar refractivity (Wildman–Crippen MR) is 117 cm³/mol. The number of alkyl halides is 1. The van der Waals surface area contributed by atoms with Crippen molar-refractivity contribution < 1.29 is 13.9 Å². The molecule has 6 nitrogen and oxygen atoms in total. The summed E-state index contributed by atoms with van der Waals surface area (Å²) in [7, 11) is 1.49. The standard InChI is InChI=1S/C23H33FN4O2/c1-5-9-17(24)22(30-4)15(2)23(29)28-13-8-12-18(16(28)3)26-21-14-25-19-10-6-7-11-20(19)27-21/h6-7,10-11,14-18,22H,5,8-9,12-13H2,1-4H3,(H,26,27)/t15?,16-,17?,18-,22?/m1/s1. The van der Waals surface area contributed by atoms with E-state index in [0.29, 0.717) is 18.8 Å². The normalized spacial score (nSPS) is 22.5. The monoisotopic (exact) mass is 416 g/mol. The van der Waals surface area contributed by atoms with E-state index in [9.17, 15) is 9.18 Å². The molecule has 2 heterocycles. The number of hydrogen-bond acceptors (Lipinski definition) is 5. The maximum Gasteiger partial charge on any atom is 0.228 e. The highest BCUT2D eigenvalue weighted by Gasteiger charge is 2.38. The molecule has 3 rings (SSSR count). The van der Waals surface area contributed by atoms with Crippen LogP contribution in [0.5, 0.6) is 0 Å². The first kappa shape index (κ1) is 22.4. The largest absolute Gasteiger partial charge is 0.378 e.